The van der Waals surface area contributed by atoms with E-state index in [1.165, 1.54) is 0 Å². The number of amides is 2. The number of anilines is 1. The number of nitriles is 1. The summed E-state index contributed by atoms with van der Waals surface area (Å²) in [6.45, 7) is 0.632. The van der Waals surface area contributed by atoms with Crippen molar-refractivity contribution in [3.05, 3.63) is 84.4 Å². The average Bonchev–Trinajstić information content (AvgIpc) is 3.30. The molecule has 0 bridgehead atoms. The molecule has 2 N–H and O–H groups in total. The van der Waals surface area contributed by atoms with Crippen molar-refractivity contribution in [1.29, 1.82) is 5.26 Å². The van der Waals surface area contributed by atoms with Crippen LogP contribution in [0.15, 0.2) is 84.0 Å². The van der Waals surface area contributed by atoms with Gasteiger partial charge in [0.25, 0.3) is 0 Å². The zero-order chi connectivity index (χ0) is 22.2. The van der Waals surface area contributed by atoms with Gasteiger partial charge in [-0.3, -0.25) is 0 Å². The molecule has 3 aromatic rings. The number of nitrogens with one attached hydrogen (secondary N) is 2. The molecular formula is C25H22N4O3. The van der Waals surface area contributed by atoms with Crippen molar-refractivity contribution in [3.63, 3.8) is 0 Å². The molecule has 1 aliphatic heterocycles. The van der Waals surface area contributed by atoms with Crippen LogP contribution >= 0.6 is 0 Å². The van der Waals surface area contributed by atoms with Crippen LogP contribution in [0.2, 0.25) is 0 Å². The number of carbonyl (C=O) groups excluding carboxylic acids is 1. The van der Waals surface area contributed by atoms with E-state index >= 15 is 0 Å². The SMILES string of the molecule is N#Cc1ccc(NC(=O)NCC2=NOC(COc3ccccc3-c3ccccc3)C2)cc1. The van der Waals surface area contributed by atoms with Crippen molar-refractivity contribution in [2.75, 3.05) is 18.5 Å². The lowest BCUT2D eigenvalue weighted by molar-refractivity contribution is 0.0472. The Morgan fingerprint density at radius 2 is 1.81 bits per heavy atom. The molecule has 1 unspecified atom stereocenters. The molecule has 2 amide bonds. The molecule has 0 aliphatic carbocycles. The van der Waals surface area contributed by atoms with Gasteiger partial charge in [0.1, 0.15) is 12.4 Å². The van der Waals surface area contributed by atoms with Gasteiger partial charge >= 0.3 is 6.03 Å². The molecule has 32 heavy (non-hydrogen) atoms. The molecule has 1 aliphatic rings. The summed E-state index contributed by atoms with van der Waals surface area (Å²) in [5.74, 6) is 0.788. The van der Waals surface area contributed by atoms with Crippen LogP contribution in [0.3, 0.4) is 0 Å². The van der Waals surface area contributed by atoms with Crippen LogP contribution in [-0.2, 0) is 4.84 Å². The molecule has 4 rings (SSSR count). The molecule has 160 valence electrons. The van der Waals surface area contributed by atoms with Crippen molar-refractivity contribution >= 4 is 17.4 Å². The molecule has 1 heterocycles. The number of hydrogen-bond donors (Lipinski definition) is 2. The van der Waals surface area contributed by atoms with E-state index in [1.807, 2.05) is 60.7 Å². The number of ether oxygens (including phenoxy) is 1. The smallest absolute Gasteiger partial charge is 0.319 e. The largest absolute Gasteiger partial charge is 0.489 e. The second kappa shape index (κ2) is 10.1. The number of hydrogen-bond acceptors (Lipinski definition) is 5. The minimum Gasteiger partial charge on any atom is -0.489 e. The first-order chi connectivity index (χ1) is 15.7. The number of benzene rings is 3. The van der Waals surface area contributed by atoms with Gasteiger partial charge in [-0.25, -0.2) is 4.79 Å². The molecule has 1 atom stereocenters. The van der Waals surface area contributed by atoms with Crippen molar-refractivity contribution < 1.29 is 14.4 Å². The summed E-state index contributed by atoms with van der Waals surface area (Å²) in [6.07, 6.45) is 0.363. The molecule has 0 radical (unpaired) electrons. The van der Waals surface area contributed by atoms with E-state index in [0.29, 0.717) is 24.3 Å². The quantitative estimate of drug-likeness (QED) is 0.578. The van der Waals surface area contributed by atoms with Gasteiger partial charge in [0.05, 0.1) is 23.9 Å². The van der Waals surface area contributed by atoms with Crippen LogP contribution in [0.1, 0.15) is 12.0 Å². The Bertz CT molecular complexity index is 1140. The van der Waals surface area contributed by atoms with Crippen LogP contribution in [0.25, 0.3) is 11.1 Å². The highest BCUT2D eigenvalue weighted by molar-refractivity contribution is 5.94. The van der Waals surface area contributed by atoms with Gasteiger partial charge in [-0.05, 0) is 35.9 Å². The Kier molecular flexibility index (Phi) is 6.63. The van der Waals surface area contributed by atoms with E-state index in [9.17, 15) is 4.79 Å². The third-order valence-corrected chi connectivity index (χ3v) is 4.92. The van der Waals surface area contributed by atoms with Crippen molar-refractivity contribution in [2.24, 2.45) is 5.16 Å². The standard InChI is InChI=1S/C25H22N4O3/c26-15-18-10-12-20(13-11-18)28-25(30)27-16-21-14-22(32-29-21)17-31-24-9-5-4-8-23(24)19-6-2-1-3-7-19/h1-13,22H,14,16-17H2,(H2,27,28,30). The molecule has 7 heteroatoms. The lowest BCUT2D eigenvalue weighted by atomic mass is 10.0. The summed E-state index contributed by atoms with van der Waals surface area (Å²) >= 11 is 0. The molecule has 0 spiro atoms. The Hall–Kier alpha value is -4.31. The first-order valence-electron chi connectivity index (χ1n) is 10.2. The van der Waals surface area contributed by atoms with E-state index in [4.69, 9.17) is 14.8 Å². The average molecular weight is 426 g/mol. The molecule has 0 saturated heterocycles. The van der Waals surface area contributed by atoms with Crippen LogP contribution in [0.5, 0.6) is 5.75 Å². The Morgan fingerprint density at radius 1 is 1.06 bits per heavy atom. The number of rotatable bonds is 7. The van der Waals surface area contributed by atoms with Gasteiger partial charge in [0, 0.05) is 17.7 Å². The third kappa shape index (κ3) is 5.43. The zero-order valence-electron chi connectivity index (χ0n) is 17.3. The molecule has 0 aromatic heterocycles. The lowest BCUT2D eigenvalue weighted by Crippen LogP contribution is -2.33. The lowest BCUT2D eigenvalue weighted by Gasteiger charge is -2.14. The fraction of sp³-hybridized carbons (Fsp3) is 0.160. The summed E-state index contributed by atoms with van der Waals surface area (Å²) in [7, 11) is 0. The molecule has 0 saturated carbocycles. The van der Waals surface area contributed by atoms with E-state index in [0.717, 1.165) is 22.6 Å². The third-order valence-electron chi connectivity index (χ3n) is 4.92. The second-order valence-corrected chi connectivity index (χ2v) is 7.26. The number of para-hydroxylation sites is 1. The van der Waals surface area contributed by atoms with E-state index < -0.39 is 0 Å². The highest BCUT2D eigenvalue weighted by Crippen LogP contribution is 2.30. The van der Waals surface area contributed by atoms with Crippen molar-refractivity contribution in [1.82, 2.24) is 5.32 Å². The summed E-state index contributed by atoms with van der Waals surface area (Å²) in [5, 5.41) is 18.4. The Morgan fingerprint density at radius 3 is 2.59 bits per heavy atom. The first kappa shape index (κ1) is 20.9. The molecular weight excluding hydrogens is 404 g/mol. The number of carbonyl (C=O) groups is 1. The van der Waals surface area contributed by atoms with Gasteiger partial charge in [-0.1, -0.05) is 53.7 Å². The molecule has 3 aromatic carbocycles. The number of nitrogens with zero attached hydrogens (tertiary/aromatic N) is 2. The van der Waals surface area contributed by atoms with Gasteiger partial charge < -0.3 is 20.2 Å². The maximum Gasteiger partial charge on any atom is 0.319 e. The highest BCUT2D eigenvalue weighted by Gasteiger charge is 2.22. The summed E-state index contributed by atoms with van der Waals surface area (Å²) in [5.41, 5.74) is 3.99. The summed E-state index contributed by atoms with van der Waals surface area (Å²) in [6, 6.07) is 26.3. The van der Waals surface area contributed by atoms with Crippen LogP contribution in [-0.4, -0.2) is 31.0 Å². The van der Waals surface area contributed by atoms with Crippen molar-refractivity contribution in [3.8, 4) is 22.9 Å². The minimum atomic E-state index is -0.353. The molecule has 7 nitrogen and oxygen atoms in total. The Labute approximate surface area is 186 Å². The summed E-state index contributed by atoms with van der Waals surface area (Å²) in [4.78, 5) is 17.5. The fourth-order valence-corrected chi connectivity index (χ4v) is 3.30. The van der Waals surface area contributed by atoms with Gasteiger partial charge in [-0.15, -0.1) is 0 Å². The van der Waals surface area contributed by atoms with Gasteiger partial charge in [-0.2, -0.15) is 5.26 Å². The van der Waals surface area contributed by atoms with E-state index in [2.05, 4.69) is 15.8 Å². The topological polar surface area (TPSA) is 95.7 Å². The second-order valence-electron chi connectivity index (χ2n) is 7.26. The predicted octanol–water partition coefficient (Wildman–Crippen LogP) is 4.57. The number of oxime groups is 1. The molecule has 0 fully saturated rings. The monoisotopic (exact) mass is 426 g/mol. The maximum atomic E-state index is 12.1. The normalized spacial score (nSPS) is 14.6. The minimum absolute atomic E-state index is 0.211. The van der Waals surface area contributed by atoms with Crippen LogP contribution in [0, 0.1) is 11.3 Å². The predicted molar refractivity (Wildman–Crippen MR) is 122 cm³/mol. The zero-order valence-corrected chi connectivity index (χ0v) is 17.3. The van der Waals surface area contributed by atoms with Crippen LogP contribution < -0.4 is 15.4 Å². The van der Waals surface area contributed by atoms with Gasteiger partial charge in [0.15, 0.2) is 6.10 Å². The van der Waals surface area contributed by atoms with E-state index in [-0.39, 0.29) is 18.7 Å². The first-order valence-corrected chi connectivity index (χ1v) is 10.2. The number of urea groups is 1. The Balaban J connectivity index is 1.23. The van der Waals surface area contributed by atoms with Crippen LogP contribution in [0.4, 0.5) is 10.5 Å². The fourth-order valence-electron chi connectivity index (χ4n) is 3.30. The maximum absolute atomic E-state index is 12.1. The van der Waals surface area contributed by atoms with E-state index in [1.54, 1.807) is 24.3 Å². The summed E-state index contributed by atoms with van der Waals surface area (Å²) < 4.78 is 6.03. The highest BCUT2D eigenvalue weighted by atomic mass is 16.7. The van der Waals surface area contributed by atoms with Crippen molar-refractivity contribution in [2.45, 2.75) is 12.5 Å². The van der Waals surface area contributed by atoms with Gasteiger partial charge in [0.2, 0.25) is 0 Å².